The van der Waals surface area contributed by atoms with E-state index < -0.39 is 11.7 Å². The third-order valence-electron chi connectivity index (χ3n) is 2.33. The Morgan fingerprint density at radius 2 is 1.83 bits per heavy atom. The zero-order valence-electron chi connectivity index (χ0n) is 9.15. The van der Waals surface area contributed by atoms with Crippen LogP contribution in [0.3, 0.4) is 0 Å². The number of carbonyl (C=O) groups excluding carboxylic acids is 1. The van der Waals surface area contributed by atoms with E-state index in [2.05, 4.69) is 5.32 Å². The molecule has 0 aromatic heterocycles. The molecule has 0 atom stereocenters. The van der Waals surface area contributed by atoms with Gasteiger partial charge in [0.15, 0.2) is 5.82 Å². The predicted molar refractivity (Wildman–Crippen MR) is 67.5 cm³/mol. The van der Waals surface area contributed by atoms with Gasteiger partial charge < -0.3 is 10.4 Å². The maximum Gasteiger partial charge on any atom is 0.255 e. The van der Waals surface area contributed by atoms with Gasteiger partial charge in [0, 0.05) is 5.56 Å². The molecular formula is C13H9ClFNO2. The summed E-state index contributed by atoms with van der Waals surface area (Å²) in [4.78, 5) is 11.8. The van der Waals surface area contributed by atoms with Crippen LogP contribution in [-0.4, -0.2) is 11.0 Å². The molecule has 2 aromatic rings. The van der Waals surface area contributed by atoms with Gasteiger partial charge in [0.05, 0.1) is 10.7 Å². The number of phenolic OH excluding ortho intramolecular Hbond substituents is 1. The molecule has 2 aromatic carbocycles. The summed E-state index contributed by atoms with van der Waals surface area (Å²) in [5.41, 5.74) is 0.327. The Balaban J connectivity index is 2.21. The maximum atomic E-state index is 13.6. The van der Waals surface area contributed by atoms with Crippen LogP contribution in [0, 0.1) is 5.82 Å². The summed E-state index contributed by atoms with van der Waals surface area (Å²) in [6.45, 7) is 0. The Morgan fingerprint density at radius 1 is 1.17 bits per heavy atom. The van der Waals surface area contributed by atoms with Crippen LogP contribution >= 0.6 is 11.6 Å². The van der Waals surface area contributed by atoms with E-state index in [1.54, 1.807) is 0 Å². The molecule has 5 heteroatoms. The number of phenols is 1. The highest BCUT2D eigenvalue weighted by Crippen LogP contribution is 2.22. The summed E-state index contributed by atoms with van der Waals surface area (Å²) in [6.07, 6.45) is 0. The molecule has 0 radical (unpaired) electrons. The van der Waals surface area contributed by atoms with E-state index >= 15 is 0 Å². The number of hydrogen-bond acceptors (Lipinski definition) is 2. The fourth-order valence-electron chi connectivity index (χ4n) is 1.41. The zero-order valence-corrected chi connectivity index (χ0v) is 9.91. The molecule has 0 fully saturated rings. The minimum absolute atomic E-state index is 0.0144. The van der Waals surface area contributed by atoms with Gasteiger partial charge >= 0.3 is 0 Å². The first-order valence-electron chi connectivity index (χ1n) is 5.12. The fourth-order valence-corrected chi connectivity index (χ4v) is 1.58. The highest BCUT2D eigenvalue weighted by atomic mass is 35.5. The second kappa shape index (κ2) is 5.06. The van der Waals surface area contributed by atoms with Crippen molar-refractivity contribution in [2.75, 3.05) is 5.32 Å². The standard InChI is InChI=1S/C13H9ClFNO2/c14-10-2-1-3-11(12(10)15)16-13(18)8-4-6-9(17)7-5-8/h1-7,17H,(H,16,18). The molecule has 92 valence electrons. The van der Waals surface area contributed by atoms with Gasteiger partial charge in [0.2, 0.25) is 0 Å². The lowest BCUT2D eigenvalue weighted by molar-refractivity contribution is 0.102. The maximum absolute atomic E-state index is 13.6. The summed E-state index contributed by atoms with van der Waals surface area (Å²) in [7, 11) is 0. The van der Waals surface area contributed by atoms with Crippen molar-refractivity contribution in [2.24, 2.45) is 0 Å². The number of nitrogens with one attached hydrogen (secondary N) is 1. The van der Waals surface area contributed by atoms with Gasteiger partial charge in [-0.2, -0.15) is 0 Å². The van der Waals surface area contributed by atoms with E-state index in [9.17, 15) is 9.18 Å². The fraction of sp³-hybridized carbons (Fsp3) is 0. The SMILES string of the molecule is O=C(Nc1cccc(Cl)c1F)c1ccc(O)cc1. The van der Waals surface area contributed by atoms with E-state index in [-0.39, 0.29) is 16.5 Å². The molecule has 0 spiro atoms. The first kappa shape index (κ1) is 12.4. The van der Waals surface area contributed by atoms with Crippen molar-refractivity contribution in [1.82, 2.24) is 0 Å². The number of aromatic hydroxyl groups is 1. The monoisotopic (exact) mass is 265 g/mol. The third kappa shape index (κ3) is 2.60. The minimum Gasteiger partial charge on any atom is -0.508 e. The van der Waals surface area contributed by atoms with E-state index in [1.165, 1.54) is 42.5 Å². The summed E-state index contributed by atoms with van der Waals surface area (Å²) in [5, 5.41) is 11.4. The Morgan fingerprint density at radius 3 is 2.50 bits per heavy atom. The van der Waals surface area contributed by atoms with Gasteiger partial charge in [-0.05, 0) is 36.4 Å². The summed E-state index contributed by atoms with van der Waals surface area (Å²) < 4.78 is 13.6. The van der Waals surface area contributed by atoms with Crippen molar-refractivity contribution in [3.05, 3.63) is 58.9 Å². The number of halogens is 2. The van der Waals surface area contributed by atoms with Crippen molar-refractivity contribution in [3.8, 4) is 5.75 Å². The molecule has 18 heavy (non-hydrogen) atoms. The number of amides is 1. The first-order chi connectivity index (χ1) is 8.58. The molecule has 0 unspecified atom stereocenters. The van der Waals surface area contributed by atoms with Crippen molar-refractivity contribution in [3.63, 3.8) is 0 Å². The van der Waals surface area contributed by atoms with E-state index in [1.807, 2.05) is 0 Å². The first-order valence-corrected chi connectivity index (χ1v) is 5.50. The Hall–Kier alpha value is -2.07. The van der Waals surface area contributed by atoms with Crippen molar-refractivity contribution in [1.29, 1.82) is 0 Å². The number of carbonyl (C=O) groups is 1. The van der Waals surface area contributed by atoms with Crippen LogP contribution in [0.15, 0.2) is 42.5 Å². The van der Waals surface area contributed by atoms with Crippen LogP contribution in [0.5, 0.6) is 5.75 Å². The van der Waals surface area contributed by atoms with Gasteiger partial charge in [-0.1, -0.05) is 17.7 Å². The molecule has 2 N–H and O–H groups in total. The third-order valence-corrected chi connectivity index (χ3v) is 2.62. The van der Waals surface area contributed by atoms with Crippen LogP contribution in [0.1, 0.15) is 10.4 Å². The van der Waals surface area contributed by atoms with Gasteiger partial charge in [0.25, 0.3) is 5.91 Å². The van der Waals surface area contributed by atoms with Gasteiger partial charge in [-0.3, -0.25) is 4.79 Å². The number of hydrogen-bond donors (Lipinski definition) is 2. The van der Waals surface area contributed by atoms with Crippen molar-refractivity contribution in [2.45, 2.75) is 0 Å². The molecule has 0 aliphatic rings. The number of benzene rings is 2. The average Bonchev–Trinajstić information content (AvgIpc) is 2.36. The lowest BCUT2D eigenvalue weighted by Gasteiger charge is -2.07. The van der Waals surface area contributed by atoms with Crippen LogP contribution in [0.2, 0.25) is 5.02 Å². The second-order valence-electron chi connectivity index (χ2n) is 3.60. The zero-order chi connectivity index (χ0) is 13.1. The van der Waals surface area contributed by atoms with Crippen molar-refractivity contribution < 1.29 is 14.3 Å². The Kier molecular flexibility index (Phi) is 3.48. The minimum atomic E-state index is -0.675. The molecule has 0 aliphatic heterocycles. The highest BCUT2D eigenvalue weighted by molar-refractivity contribution is 6.31. The highest BCUT2D eigenvalue weighted by Gasteiger charge is 2.11. The predicted octanol–water partition coefficient (Wildman–Crippen LogP) is 3.44. The van der Waals surface area contributed by atoms with Gasteiger partial charge in [-0.25, -0.2) is 4.39 Å². The smallest absolute Gasteiger partial charge is 0.255 e. The topological polar surface area (TPSA) is 49.3 Å². The lowest BCUT2D eigenvalue weighted by atomic mass is 10.2. The second-order valence-corrected chi connectivity index (χ2v) is 4.01. The molecule has 0 saturated carbocycles. The van der Waals surface area contributed by atoms with Crippen molar-refractivity contribution >= 4 is 23.2 Å². The Labute approximate surface area is 108 Å². The van der Waals surface area contributed by atoms with Gasteiger partial charge in [0.1, 0.15) is 5.75 Å². The largest absolute Gasteiger partial charge is 0.508 e. The molecular weight excluding hydrogens is 257 g/mol. The van der Waals surface area contributed by atoms with E-state index in [0.717, 1.165) is 0 Å². The normalized spacial score (nSPS) is 10.1. The Bertz CT molecular complexity index is 584. The molecule has 1 amide bonds. The van der Waals surface area contributed by atoms with Crippen LogP contribution in [0.4, 0.5) is 10.1 Å². The van der Waals surface area contributed by atoms with Gasteiger partial charge in [-0.15, -0.1) is 0 Å². The lowest BCUT2D eigenvalue weighted by Crippen LogP contribution is -2.12. The summed E-state index contributed by atoms with van der Waals surface area (Å²) >= 11 is 5.60. The summed E-state index contributed by atoms with van der Waals surface area (Å²) in [6, 6.07) is 9.98. The molecule has 2 rings (SSSR count). The van der Waals surface area contributed by atoms with Crippen LogP contribution in [0.25, 0.3) is 0 Å². The number of anilines is 1. The van der Waals surface area contributed by atoms with E-state index in [4.69, 9.17) is 16.7 Å². The molecule has 3 nitrogen and oxygen atoms in total. The number of rotatable bonds is 2. The van der Waals surface area contributed by atoms with E-state index in [0.29, 0.717) is 5.56 Å². The van der Waals surface area contributed by atoms with Crippen LogP contribution < -0.4 is 5.32 Å². The average molecular weight is 266 g/mol. The summed E-state index contributed by atoms with van der Waals surface area (Å²) in [5.74, 6) is -1.09. The molecule has 0 heterocycles. The molecule has 0 bridgehead atoms. The quantitative estimate of drug-likeness (QED) is 0.874. The van der Waals surface area contributed by atoms with Crippen LogP contribution in [-0.2, 0) is 0 Å². The molecule has 0 saturated heterocycles. The molecule has 0 aliphatic carbocycles.